The lowest BCUT2D eigenvalue weighted by Gasteiger charge is -2.08. The predicted molar refractivity (Wildman–Crippen MR) is 53.1 cm³/mol. The average Bonchev–Trinajstić information content (AvgIpc) is 2.96. The van der Waals surface area contributed by atoms with Gasteiger partial charge in [-0.2, -0.15) is 13.2 Å². The number of hydrogen-bond acceptors (Lipinski definition) is 3. The van der Waals surface area contributed by atoms with Gasteiger partial charge in [0.1, 0.15) is 0 Å². The highest BCUT2D eigenvalue weighted by Gasteiger charge is 2.26. The van der Waals surface area contributed by atoms with Crippen LogP contribution < -0.4 is 16.0 Å². The summed E-state index contributed by atoms with van der Waals surface area (Å²) >= 11 is 0. The molecule has 1 fully saturated rings. The first kappa shape index (κ1) is 13.8. The van der Waals surface area contributed by atoms with Crippen LogP contribution >= 0.6 is 0 Å². The first-order chi connectivity index (χ1) is 7.87. The second-order valence-corrected chi connectivity index (χ2v) is 3.84. The highest BCUT2D eigenvalue weighted by atomic mass is 19.4. The summed E-state index contributed by atoms with van der Waals surface area (Å²) in [7, 11) is 0. The van der Waals surface area contributed by atoms with Crippen molar-refractivity contribution in [3.63, 3.8) is 0 Å². The van der Waals surface area contributed by atoms with Gasteiger partial charge in [-0.25, -0.2) is 0 Å². The summed E-state index contributed by atoms with van der Waals surface area (Å²) in [6.45, 7) is -1.89. The molecule has 1 saturated carbocycles. The summed E-state index contributed by atoms with van der Waals surface area (Å²) in [5.74, 6) is -0.961. The smallest absolute Gasteiger partial charge is 0.352 e. The molecule has 0 aromatic rings. The molecule has 1 aliphatic rings. The molecule has 5 nitrogen and oxygen atoms in total. The van der Waals surface area contributed by atoms with Crippen LogP contribution in [0, 0.1) is 0 Å². The molecule has 2 amide bonds. The van der Waals surface area contributed by atoms with E-state index in [2.05, 4.69) is 10.6 Å². The lowest BCUT2D eigenvalue weighted by molar-refractivity contribution is -0.130. The second-order valence-electron chi connectivity index (χ2n) is 3.84. The Bertz CT molecular complexity index is 290. The molecule has 0 bridgehead atoms. The number of hydrogen-bond donors (Lipinski definition) is 3. The largest absolute Gasteiger partial charge is 0.401 e. The molecule has 0 aromatic carbocycles. The minimum Gasteiger partial charge on any atom is -0.352 e. The van der Waals surface area contributed by atoms with Crippen molar-refractivity contribution >= 4 is 11.8 Å². The lowest BCUT2D eigenvalue weighted by Crippen LogP contribution is -2.42. The van der Waals surface area contributed by atoms with Crippen LogP contribution in [-0.2, 0) is 9.59 Å². The topological polar surface area (TPSA) is 70.2 Å². The highest BCUT2D eigenvalue weighted by molar-refractivity contribution is 5.85. The Hall–Kier alpha value is -1.31. The Morgan fingerprint density at radius 2 is 1.76 bits per heavy atom. The number of carbonyl (C=O) groups excluding carboxylic acids is 2. The molecule has 0 aliphatic heterocycles. The first-order valence-electron chi connectivity index (χ1n) is 5.20. The third-order valence-corrected chi connectivity index (χ3v) is 2.00. The summed E-state index contributed by atoms with van der Waals surface area (Å²) in [5.41, 5.74) is 0. The maximum absolute atomic E-state index is 11.7. The van der Waals surface area contributed by atoms with Crippen molar-refractivity contribution in [2.75, 3.05) is 19.6 Å². The van der Waals surface area contributed by atoms with Crippen molar-refractivity contribution in [1.82, 2.24) is 16.0 Å². The van der Waals surface area contributed by atoms with E-state index in [1.807, 2.05) is 5.32 Å². The SMILES string of the molecule is O=C(CNCC(F)(F)F)NCC(=O)NC1CC1. The molecule has 0 unspecified atom stereocenters. The van der Waals surface area contributed by atoms with E-state index >= 15 is 0 Å². The van der Waals surface area contributed by atoms with Gasteiger partial charge in [0.25, 0.3) is 0 Å². The van der Waals surface area contributed by atoms with Gasteiger partial charge in [0.05, 0.1) is 19.6 Å². The summed E-state index contributed by atoms with van der Waals surface area (Å²) in [6.07, 6.45) is -2.47. The van der Waals surface area contributed by atoms with Crippen LogP contribution in [0.2, 0.25) is 0 Å². The number of nitrogens with one attached hydrogen (secondary N) is 3. The van der Waals surface area contributed by atoms with Gasteiger partial charge in [0.2, 0.25) is 11.8 Å². The first-order valence-corrected chi connectivity index (χ1v) is 5.20. The molecule has 0 atom stereocenters. The van der Waals surface area contributed by atoms with Gasteiger partial charge in [0, 0.05) is 6.04 Å². The molecule has 0 spiro atoms. The van der Waals surface area contributed by atoms with Gasteiger partial charge in [-0.05, 0) is 12.8 Å². The molecule has 0 heterocycles. The van der Waals surface area contributed by atoms with Crippen LogP contribution in [-0.4, -0.2) is 43.7 Å². The van der Waals surface area contributed by atoms with E-state index in [1.54, 1.807) is 0 Å². The Morgan fingerprint density at radius 1 is 1.12 bits per heavy atom. The van der Waals surface area contributed by atoms with E-state index in [0.29, 0.717) is 0 Å². The maximum atomic E-state index is 11.7. The zero-order valence-corrected chi connectivity index (χ0v) is 9.06. The minimum atomic E-state index is -4.34. The fourth-order valence-corrected chi connectivity index (χ4v) is 1.07. The molecular formula is C9H14F3N3O2. The lowest BCUT2D eigenvalue weighted by atomic mass is 10.5. The number of rotatable bonds is 6. The van der Waals surface area contributed by atoms with Crippen LogP contribution in [0.3, 0.4) is 0 Å². The third kappa shape index (κ3) is 7.56. The summed E-state index contributed by atoms with van der Waals surface area (Å²) in [5, 5.41) is 6.79. The van der Waals surface area contributed by atoms with Crippen LogP contribution in [0.15, 0.2) is 0 Å². The standard InChI is InChI=1S/C9H14F3N3O2/c10-9(11,12)5-13-3-7(16)14-4-8(17)15-6-1-2-6/h6,13H,1-5H2,(H,14,16)(H,15,17). The van der Waals surface area contributed by atoms with Gasteiger partial charge in [0.15, 0.2) is 0 Å². The van der Waals surface area contributed by atoms with Crippen molar-refractivity contribution < 1.29 is 22.8 Å². The molecule has 98 valence electrons. The fourth-order valence-electron chi connectivity index (χ4n) is 1.07. The summed E-state index contributed by atoms with van der Waals surface area (Å²) in [4.78, 5) is 22.1. The molecule has 8 heteroatoms. The van der Waals surface area contributed by atoms with E-state index in [0.717, 1.165) is 12.8 Å². The molecule has 1 aliphatic carbocycles. The van der Waals surface area contributed by atoms with Crippen LogP contribution in [0.4, 0.5) is 13.2 Å². The van der Waals surface area contributed by atoms with Crippen LogP contribution in [0.25, 0.3) is 0 Å². The molecule has 0 radical (unpaired) electrons. The van der Waals surface area contributed by atoms with Gasteiger partial charge in [-0.15, -0.1) is 0 Å². The average molecular weight is 253 g/mol. The number of alkyl halides is 3. The van der Waals surface area contributed by atoms with Gasteiger partial charge in [-0.3, -0.25) is 9.59 Å². The van der Waals surface area contributed by atoms with Crippen molar-refractivity contribution in [2.24, 2.45) is 0 Å². The van der Waals surface area contributed by atoms with Crippen molar-refractivity contribution in [3.8, 4) is 0 Å². The predicted octanol–water partition coefficient (Wildman–Crippen LogP) is -0.467. The Kier molecular flexibility index (Phi) is 4.73. The normalized spacial score (nSPS) is 15.5. The minimum absolute atomic E-state index is 0.197. The quantitative estimate of drug-likeness (QED) is 0.599. The molecule has 0 saturated heterocycles. The van der Waals surface area contributed by atoms with Crippen molar-refractivity contribution in [1.29, 1.82) is 0 Å². The van der Waals surface area contributed by atoms with Crippen LogP contribution in [0.5, 0.6) is 0 Å². The Labute approximate surface area is 96.1 Å². The molecule has 0 aromatic heterocycles. The zero-order chi connectivity index (χ0) is 12.9. The Morgan fingerprint density at radius 3 is 2.29 bits per heavy atom. The van der Waals surface area contributed by atoms with Gasteiger partial charge >= 0.3 is 6.18 Å². The molecule has 3 N–H and O–H groups in total. The van der Waals surface area contributed by atoms with E-state index in [-0.39, 0.29) is 18.5 Å². The monoisotopic (exact) mass is 253 g/mol. The summed E-state index contributed by atoms with van der Waals surface area (Å²) < 4.78 is 35.1. The van der Waals surface area contributed by atoms with Gasteiger partial charge < -0.3 is 16.0 Å². The molecular weight excluding hydrogens is 239 g/mol. The second kappa shape index (κ2) is 5.85. The Balaban J connectivity index is 2.02. The van der Waals surface area contributed by atoms with E-state index in [1.165, 1.54) is 0 Å². The summed E-state index contributed by atoms with van der Waals surface area (Å²) in [6, 6.07) is 0.197. The van der Waals surface area contributed by atoms with Crippen molar-refractivity contribution in [2.45, 2.75) is 25.1 Å². The third-order valence-electron chi connectivity index (χ3n) is 2.00. The van der Waals surface area contributed by atoms with E-state index < -0.39 is 25.2 Å². The maximum Gasteiger partial charge on any atom is 0.401 e. The zero-order valence-electron chi connectivity index (χ0n) is 9.06. The number of carbonyl (C=O) groups is 2. The van der Waals surface area contributed by atoms with Gasteiger partial charge in [-0.1, -0.05) is 0 Å². The highest BCUT2D eigenvalue weighted by Crippen LogP contribution is 2.18. The van der Waals surface area contributed by atoms with Crippen molar-refractivity contribution in [3.05, 3.63) is 0 Å². The van der Waals surface area contributed by atoms with E-state index in [4.69, 9.17) is 0 Å². The fraction of sp³-hybridized carbons (Fsp3) is 0.778. The molecule has 1 rings (SSSR count). The van der Waals surface area contributed by atoms with E-state index in [9.17, 15) is 22.8 Å². The van der Waals surface area contributed by atoms with Crippen LogP contribution in [0.1, 0.15) is 12.8 Å². The number of amides is 2. The number of halogens is 3. The molecule has 17 heavy (non-hydrogen) atoms.